The molecule has 1 aromatic carbocycles. The molecule has 1 saturated heterocycles. The number of rotatable bonds is 6. The number of carbonyl (C=O) groups is 1. The SMILES string of the molecule is COC(=O)c1c(C)n(CC2CCC(N3CC(OC(F)P)C3)CC2)c2cc(F)ccc12. The molecule has 2 fully saturated rings. The standard InChI is InChI=1S/C22H29F2N2O3P/c1-13-20(21(27)28-2)18-8-5-15(23)9-19(18)26(13)10-14-3-6-16(7-4-14)25-11-17(12-25)29-22(24)30/h5,8-9,14,16-17,22H,3-4,6-7,10-12,30H2,1-2H3. The molecule has 2 heterocycles. The van der Waals surface area contributed by atoms with Crippen LogP contribution in [0.2, 0.25) is 0 Å². The minimum atomic E-state index is -1.28. The highest BCUT2D eigenvalue weighted by atomic mass is 31.0. The fourth-order valence-corrected chi connectivity index (χ4v) is 5.26. The highest BCUT2D eigenvalue weighted by Gasteiger charge is 2.36. The van der Waals surface area contributed by atoms with E-state index in [0.29, 0.717) is 17.5 Å². The summed E-state index contributed by atoms with van der Waals surface area (Å²) in [6.07, 6.45) is 3.04. The highest BCUT2D eigenvalue weighted by Crippen LogP contribution is 2.34. The third-order valence-corrected chi connectivity index (χ3v) is 6.81. The van der Waals surface area contributed by atoms with Crippen LogP contribution in [0.5, 0.6) is 0 Å². The number of nitrogens with zero attached hydrogens (tertiary/aromatic N) is 2. The van der Waals surface area contributed by atoms with Crippen molar-refractivity contribution in [2.75, 3.05) is 20.2 Å². The summed E-state index contributed by atoms with van der Waals surface area (Å²) in [5, 5.41) is 0.737. The van der Waals surface area contributed by atoms with Crippen molar-refractivity contribution in [3.8, 4) is 0 Å². The number of benzene rings is 1. The lowest BCUT2D eigenvalue weighted by Gasteiger charge is -2.46. The van der Waals surface area contributed by atoms with Gasteiger partial charge in [-0.1, -0.05) is 9.24 Å². The molecule has 1 aliphatic carbocycles. The third-order valence-electron chi connectivity index (χ3n) is 6.65. The Kier molecular flexibility index (Phi) is 6.42. The summed E-state index contributed by atoms with van der Waals surface area (Å²) in [5.41, 5.74) is 2.09. The van der Waals surface area contributed by atoms with E-state index in [1.807, 2.05) is 16.2 Å². The smallest absolute Gasteiger partial charge is 0.340 e. The zero-order chi connectivity index (χ0) is 21.4. The minimum absolute atomic E-state index is 0.00393. The Morgan fingerprint density at radius 2 is 1.97 bits per heavy atom. The van der Waals surface area contributed by atoms with Crippen molar-refractivity contribution in [3.05, 3.63) is 35.3 Å². The predicted octanol–water partition coefficient (Wildman–Crippen LogP) is 4.26. The largest absolute Gasteiger partial charge is 0.465 e. The lowest BCUT2D eigenvalue weighted by atomic mass is 9.84. The molecule has 1 saturated carbocycles. The fraction of sp³-hybridized carbons (Fsp3) is 0.591. The van der Waals surface area contributed by atoms with E-state index in [4.69, 9.17) is 9.47 Å². The number of hydrogen-bond donors (Lipinski definition) is 0. The van der Waals surface area contributed by atoms with Gasteiger partial charge >= 0.3 is 5.97 Å². The maximum atomic E-state index is 13.9. The summed E-state index contributed by atoms with van der Waals surface area (Å²) in [5.74, 6) is -0.223. The van der Waals surface area contributed by atoms with Crippen LogP contribution in [0.1, 0.15) is 41.7 Å². The number of carbonyl (C=O) groups excluding carboxylic acids is 1. The van der Waals surface area contributed by atoms with E-state index in [1.165, 1.54) is 19.2 Å². The summed E-state index contributed by atoms with van der Waals surface area (Å²) >= 11 is 0. The van der Waals surface area contributed by atoms with Gasteiger partial charge in [0, 0.05) is 36.8 Å². The molecule has 0 bridgehead atoms. The summed E-state index contributed by atoms with van der Waals surface area (Å²) in [7, 11) is 3.40. The first-order valence-electron chi connectivity index (χ1n) is 10.5. The Morgan fingerprint density at radius 1 is 1.27 bits per heavy atom. The molecular formula is C22H29F2N2O3P. The number of halogens is 2. The summed E-state index contributed by atoms with van der Waals surface area (Å²) in [6, 6.07) is 5.08. The number of hydrogen-bond acceptors (Lipinski definition) is 4. The maximum Gasteiger partial charge on any atom is 0.340 e. The zero-order valence-corrected chi connectivity index (χ0v) is 18.6. The molecule has 0 amide bonds. The Bertz CT molecular complexity index is 919. The van der Waals surface area contributed by atoms with Crippen molar-refractivity contribution in [3.63, 3.8) is 0 Å². The van der Waals surface area contributed by atoms with Crippen molar-refractivity contribution in [2.24, 2.45) is 5.92 Å². The van der Waals surface area contributed by atoms with Crippen LogP contribution in [-0.4, -0.2) is 53.9 Å². The lowest BCUT2D eigenvalue weighted by molar-refractivity contribution is -0.117. The van der Waals surface area contributed by atoms with Gasteiger partial charge in [-0.2, -0.15) is 0 Å². The quantitative estimate of drug-likeness (QED) is 0.499. The molecule has 2 atom stereocenters. The number of fused-ring (bicyclic) bond motifs is 1. The number of aromatic nitrogens is 1. The molecule has 1 aliphatic heterocycles. The fourth-order valence-electron chi connectivity index (χ4n) is 5.03. The van der Waals surface area contributed by atoms with Crippen molar-refractivity contribution < 1.29 is 23.0 Å². The first-order chi connectivity index (χ1) is 14.4. The van der Waals surface area contributed by atoms with E-state index in [2.05, 4.69) is 9.47 Å². The molecule has 1 aromatic heterocycles. The first kappa shape index (κ1) is 21.7. The average molecular weight is 438 g/mol. The molecule has 4 rings (SSSR count). The molecule has 2 unspecified atom stereocenters. The van der Waals surface area contributed by atoms with Gasteiger partial charge in [0.25, 0.3) is 0 Å². The molecule has 30 heavy (non-hydrogen) atoms. The van der Waals surface area contributed by atoms with Gasteiger partial charge < -0.3 is 14.0 Å². The van der Waals surface area contributed by atoms with E-state index < -0.39 is 6.10 Å². The number of alkyl halides is 1. The van der Waals surface area contributed by atoms with Crippen LogP contribution in [0, 0.1) is 18.7 Å². The molecule has 5 nitrogen and oxygen atoms in total. The van der Waals surface area contributed by atoms with E-state index in [9.17, 15) is 13.6 Å². The van der Waals surface area contributed by atoms with Gasteiger partial charge in [0.1, 0.15) is 5.82 Å². The van der Waals surface area contributed by atoms with Gasteiger partial charge in [-0.25, -0.2) is 13.6 Å². The van der Waals surface area contributed by atoms with Crippen LogP contribution in [0.3, 0.4) is 0 Å². The van der Waals surface area contributed by atoms with Gasteiger partial charge in [-0.05, 0) is 56.7 Å². The topological polar surface area (TPSA) is 43.7 Å². The van der Waals surface area contributed by atoms with Gasteiger partial charge in [0.05, 0.1) is 24.3 Å². The Balaban J connectivity index is 1.43. The van der Waals surface area contributed by atoms with Crippen LogP contribution in [0.25, 0.3) is 10.9 Å². The highest BCUT2D eigenvalue weighted by molar-refractivity contribution is 7.16. The molecule has 0 radical (unpaired) electrons. The number of likely N-dealkylation sites (tertiary alicyclic amines) is 1. The normalized spacial score (nSPS) is 24.0. The van der Waals surface area contributed by atoms with Crippen LogP contribution >= 0.6 is 9.24 Å². The Morgan fingerprint density at radius 3 is 2.60 bits per heavy atom. The van der Waals surface area contributed by atoms with Crippen LogP contribution in [-0.2, 0) is 16.0 Å². The van der Waals surface area contributed by atoms with Gasteiger partial charge in [-0.3, -0.25) is 4.90 Å². The molecule has 0 spiro atoms. The minimum Gasteiger partial charge on any atom is -0.465 e. The lowest BCUT2D eigenvalue weighted by Crippen LogP contribution is -2.57. The predicted molar refractivity (Wildman–Crippen MR) is 115 cm³/mol. The van der Waals surface area contributed by atoms with Gasteiger partial charge in [-0.15, -0.1) is 0 Å². The van der Waals surface area contributed by atoms with Crippen molar-refractivity contribution in [2.45, 2.75) is 57.4 Å². The summed E-state index contributed by atoms with van der Waals surface area (Å²) in [4.78, 5) is 14.7. The summed E-state index contributed by atoms with van der Waals surface area (Å²) in [6.45, 7) is 4.26. The maximum absolute atomic E-state index is 13.9. The zero-order valence-electron chi connectivity index (χ0n) is 17.4. The van der Waals surface area contributed by atoms with Gasteiger partial charge in [0.2, 0.25) is 6.10 Å². The van der Waals surface area contributed by atoms with Crippen LogP contribution in [0.4, 0.5) is 8.78 Å². The van der Waals surface area contributed by atoms with E-state index >= 15 is 0 Å². The molecule has 164 valence electrons. The second kappa shape index (κ2) is 8.89. The van der Waals surface area contributed by atoms with Gasteiger partial charge in [0.15, 0.2) is 0 Å². The third kappa shape index (κ3) is 4.25. The Hall–Kier alpha value is -1.56. The van der Waals surface area contributed by atoms with Crippen molar-refractivity contribution in [1.29, 1.82) is 0 Å². The summed E-state index contributed by atoms with van der Waals surface area (Å²) < 4.78 is 39.1. The first-order valence-corrected chi connectivity index (χ1v) is 11.2. The molecule has 0 N–H and O–H groups in total. The second-order valence-electron chi connectivity index (χ2n) is 8.46. The van der Waals surface area contributed by atoms with E-state index in [0.717, 1.165) is 61.9 Å². The monoisotopic (exact) mass is 438 g/mol. The van der Waals surface area contributed by atoms with E-state index in [-0.39, 0.29) is 17.9 Å². The Labute approximate surface area is 177 Å². The molecule has 2 aromatic rings. The average Bonchev–Trinajstić information content (AvgIpc) is 2.95. The number of ether oxygens (including phenoxy) is 2. The number of methoxy groups -OCH3 is 1. The second-order valence-corrected chi connectivity index (χ2v) is 8.99. The van der Waals surface area contributed by atoms with Crippen molar-refractivity contribution in [1.82, 2.24) is 9.47 Å². The molecule has 2 aliphatic rings. The molecular weight excluding hydrogens is 409 g/mol. The molecule has 8 heteroatoms. The van der Waals surface area contributed by atoms with E-state index in [1.54, 1.807) is 6.07 Å². The van der Waals surface area contributed by atoms with Crippen LogP contribution < -0.4 is 0 Å². The van der Waals surface area contributed by atoms with Crippen molar-refractivity contribution >= 4 is 26.1 Å². The number of esters is 1. The van der Waals surface area contributed by atoms with Crippen LogP contribution in [0.15, 0.2) is 18.2 Å².